The molecule has 1 aliphatic heterocycles. The van der Waals surface area contributed by atoms with E-state index in [1.54, 1.807) is 20.9 Å². The van der Waals surface area contributed by atoms with Crippen LogP contribution in [-0.2, 0) is 19.6 Å². The predicted molar refractivity (Wildman–Crippen MR) is 147 cm³/mol. The number of amides is 2. The molecule has 0 saturated carbocycles. The Kier molecular flexibility index (Phi) is 6.64. The third-order valence-electron chi connectivity index (χ3n) is 6.66. The molecule has 2 aromatic carbocycles. The van der Waals surface area contributed by atoms with Crippen LogP contribution in [0, 0.1) is 0 Å². The molecular formula is C28H25N7O3S. The van der Waals surface area contributed by atoms with Crippen LogP contribution in [0.2, 0.25) is 0 Å². The van der Waals surface area contributed by atoms with Crippen molar-refractivity contribution in [3.05, 3.63) is 89.6 Å². The molecule has 11 heteroatoms. The SMILES string of the molecule is O=C(O)NCCn1nc(-c2nnc3n2CCN(C(=O)c2ccc(-c4cccs4)cc2)C3)cc1-c1ccccc1. The lowest BCUT2D eigenvalue weighted by molar-refractivity contribution is 0.0708. The summed E-state index contributed by atoms with van der Waals surface area (Å²) in [4.78, 5) is 27.1. The van der Waals surface area contributed by atoms with Crippen molar-refractivity contribution in [1.29, 1.82) is 0 Å². The average Bonchev–Trinajstić information content (AvgIpc) is 3.73. The lowest BCUT2D eigenvalue weighted by Crippen LogP contribution is -2.38. The van der Waals surface area contributed by atoms with Gasteiger partial charge in [-0.1, -0.05) is 48.5 Å². The molecule has 6 rings (SSSR count). The topological polar surface area (TPSA) is 118 Å². The second-order valence-electron chi connectivity index (χ2n) is 9.11. The summed E-state index contributed by atoms with van der Waals surface area (Å²) in [5.41, 5.74) is 4.20. The van der Waals surface area contributed by atoms with E-state index in [9.17, 15) is 9.59 Å². The number of nitrogens with one attached hydrogen (secondary N) is 1. The first-order valence-electron chi connectivity index (χ1n) is 12.5. The zero-order chi connectivity index (χ0) is 26.8. The van der Waals surface area contributed by atoms with Crippen molar-refractivity contribution in [1.82, 2.24) is 34.8 Å². The lowest BCUT2D eigenvalue weighted by Gasteiger charge is -2.27. The fourth-order valence-corrected chi connectivity index (χ4v) is 5.46. The van der Waals surface area contributed by atoms with E-state index in [-0.39, 0.29) is 12.5 Å². The van der Waals surface area contributed by atoms with E-state index in [1.807, 2.05) is 76.7 Å². The van der Waals surface area contributed by atoms with Gasteiger partial charge in [0.1, 0.15) is 5.69 Å². The minimum Gasteiger partial charge on any atom is -0.465 e. The normalized spacial score (nSPS) is 12.8. The quantitative estimate of drug-likeness (QED) is 0.315. The number of hydrogen-bond donors (Lipinski definition) is 2. The number of nitrogens with zero attached hydrogens (tertiary/aromatic N) is 6. The second kappa shape index (κ2) is 10.5. The van der Waals surface area contributed by atoms with Gasteiger partial charge in [0.15, 0.2) is 11.6 Å². The molecule has 2 N–H and O–H groups in total. The first-order valence-corrected chi connectivity index (χ1v) is 13.4. The predicted octanol–water partition coefficient (Wildman–Crippen LogP) is 4.46. The molecule has 0 aliphatic carbocycles. The van der Waals surface area contributed by atoms with Crippen LogP contribution in [0.3, 0.4) is 0 Å². The van der Waals surface area contributed by atoms with Crippen LogP contribution >= 0.6 is 11.3 Å². The van der Waals surface area contributed by atoms with Crippen molar-refractivity contribution in [3.8, 4) is 33.2 Å². The number of carbonyl (C=O) groups excluding carboxylic acids is 1. The van der Waals surface area contributed by atoms with Crippen molar-refractivity contribution in [3.63, 3.8) is 0 Å². The summed E-state index contributed by atoms with van der Waals surface area (Å²) in [7, 11) is 0. The fraction of sp³-hybridized carbons (Fsp3) is 0.179. The number of rotatable bonds is 7. The molecule has 1 aliphatic rings. The number of carbonyl (C=O) groups is 2. The van der Waals surface area contributed by atoms with Gasteiger partial charge >= 0.3 is 6.09 Å². The maximum Gasteiger partial charge on any atom is 0.404 e. The highest BCUT2D eigenvalue weighted by atomic mass is 32.1. The standard InChI is InChI=1S/C28H25N7O3S/c36-27(21-10-8-20(9-11-21)24-7-4-16-39-24)33-14-15-34-25(18-33)30-31-26(34)22-17-23(19-5-2-1-3-6-19)35(32-22)13-12-29-28(37)38/h1-11,16-17,29H,12-15,18H2,(H,37,38). The molecule has 3 aromatic heterocycles. The second-order valence-corrected chi connectivity index (χ2v) is 10.1. The van der Waals surface area contributed by atoms with Crippen molar-refractivity contribution in [2.45, 2.75) is 19.6 Å². The summed E-state index contributed by atoms with van der Waals surface area (Å²) in [6.45, 7) is 2.01. The van der Waals surface area contributed by atoms with E-state index >= 15 is 0 Å². The van der Waals surface area contributed by atoms with Gasteiger partial charge in [0.25, 0.3) is 5.91 Å². The summed E-state index contributed by atoms with van der Waals surface area (Å²) >= 11 is 1.67. The Morgan fingerprint density at radius 2 is 1.77 bits per heavy atom. The van der Waals surface area contributed by atoms with Gasteiger partial charge in [0.05, 0.1) is 18.8 Å². The number of carboxylic acid groups (broad SMARTS) is 1. The molecule has 0 bridgehead atoms. The van der Waals surface area contributed by atoms with Crippen molar-refractivity contribution in [2.75, 3.05) is 13.1 Å². The van der Waals surface area contributed by atoms with Gasteiger partial charge in [-0.2, -0.15) is 5.10 Å². The molecule has 0 spiro atoms. The average molecular weight is 540 g/mol. The van der Waals surface area contributed by atoms with Gasteiger partial charge in [-0.05, 0) is 40.8 Å². The van der Waals surface area contributed by atoms with E-state index in [0.29, 0.717) is 49.1 Å². The number of aromatic nitrogens is 5. The van der Waals surface area contributed by atoms with Crippen LogP contribution in [0.1, 0.15) is 16.2 Å². The summed E-state index contributed by atoms with van der Waals surface area (Å²) < 4.78 is 3.78. The van der Waals surface area contributed by atoms with Crippen LogP contribution in [0.4, 0.5) is 4.79 Å². The molecule has 0 radical (unpaired) electrons. The minimum atomic E-state index is -1.08. The van der Waals surface area contributed by atoms with Crippen molar-refractivity contribution >= 4 is 23.3 Å². The molecule has 0 unspecified atom stereocenters. The Labute approximate surface area is 228 Å². The van der Waals surface area contributed by atoms with Gasteiger partial charge in [-0.3, -0.25) is 9.48 Å². The molecule has 10 nitrogen and oxygen atoms in total. The van der Waals surface area contributed by atoms with E-state index < -0.39 is 6.09 Å². The van der Waals surface area contributed by atoms with E-state index in [2.05, 4.69) is 21.6 Å². The highest BCUT2D eigenvalue weighted by Crippen LogP contribution is 2.28. The highest BCUT2D eigenvalue weighted by molar-refractivity contribution is 7.13. The highest BCUT2D eigenvalue weighted by Gasteiger charge is 2.27. The Bertz CT molecular complexity index is 1610. The number of fused-ring (bicyclic) bond motifs is 1. The number of benzene rings is 2. The van der Waals surface area contributed by atoms with Gasteiger partial charge in [-0.15, -0.1) is 21.5 Å². The largest absolute Gasteiger partial charge is 0.465 e. The van der Waals surface area contributed by atoms with Crippen LogP contribution < -0.4 is 5.32 Å². The van der Waals surface area contributed by atoms with Gasteiger partial charge in [0, 0.05) is 30.1 Å². The summed E-state index contributed by atoms with van der Waals surface area (Å²) in [5, 5.41) is 26.9. The van der Waals surface area contributed by atoms with Gasteiger partial charge in [0.2, 0.25) is 0 Å². The molecular weight excluding hydrogens is 514 g/mol. The molecule has 0 saturated heterocycles. The monoisotopic (exact) mass is 539 g/mol. The molecule has 5 aromatic rings. The maximum atomic E-state index is 13.2. The molecule has 196 valence electrons. The van der Waals surface area contributed by atoms with E-state index in [4.69, 9.17) is 10.2 Å². The number of thiophene rings is 1. The fourth-order valence-electron chi connectivity index (χ4n) is 4.73. The molecule has 0 atom stereocenters. The Morgan fingerprint density at radius 3 is 2.51 bits per heavy atom. The number of hydrogen-bond acceptors (Lipinski definition) is 6. The minimum absolute atomic E-state index is 0.0369. The van der Waals surface area contributed by atoms with E-state index in [1.165, 1.54) is 4.88 Å². The first kappa shape index (κ1) is 24.6. The van der Waals surface area contributed by atoms with Crippen LogP contribution in [0.25, 0.3) is 33.2 Å². The van der Waals surface area contributed by atoms with E-state index in [0.717, 1.165) is 16.8 Å². The Balaban J connectivity index is 1.22. The lowest BCUT2D eigenvalue weighted by atomic mass is 10.1. The van der Waals surface area contributed by atoms with Crippen molar-refractivity contribution < 1.29 is 14.7 Å². The molecule has 2 amide bonds. The smallest absolute Gasteiger partial charge is 0.404 e. The van der Waals surface area contributed by atoms with Crippen LogP contribution in [-0.4, -0.2) is 59.6 Å². The third kappa shape index (κ3) is 5.04. The summed E-state index contributed by atoms with van der Waals surface area (Å²) in [5.74, 6) is 1.28. The zero-order valence-electron chi connectivity index (χ0n) is 20.9. The van der Waals surface area contributed by atoms with Gasteiger partial charge < -0.3 is 19.9 Å². The van der Waals surface area contributed by atoms with Crippen LogP contribution in [0.15, 0.2) is 78.2 Å². The third-order valence-corrected chi connectivity index (χ3v) is 7.58. The molecule has 0 fully saturated rings. The maximum absolute atomic E-state index is 13.2. The first-order chi connectivity index (χ1) is 19.1. The zero-order valence-corrected chi connectivity index (χ0v) is 21.7. The van der Waals surface area contributed by atoms with Crippen LogP contribution in [0.5, 0.6) is 0 Å². The Morgan fingerprint density at radius 1 is 0.949 bits per heavy atom. The van der Waals surface area contributed by atoms with Crippen molar-refractivity contribution in [2.24, 2.45) is 0 Å². The summed E-state index contributed by atoms with van der Waals surface area (Å²) in [6, 6.07) is 23.5. The molecule has 39 heavy (non-hydrogen) atoms. The van der Waals surface area contributed by atoms with Gasteiger partial charge in [-0.25, -0.2) is 4.79 Å². The summed E-state index contributed by atoms with van der Waals surface area (Å²) in [6.07, 6.45) is -1.08. The molecule has 4 heterocycles. The Hall–Kier alpha value is -4.77.